The molecule has 2 nitrogen and oxygen atoms in total. The summed E-state index contributed by atoms with van der Waals surface area (Å²) < 4.78 is 4.87. The molecule has 0 aromatic carbocycles. The van der Waals surface area contributed by atoms with E-state index in [1.54, 1.807) is 6.92 Å². The zero-order valence-corrected chi connectivity index (χ0v) is 8.19. The van der Waals surface area contributed by atoms with Crippen LogP contribution in [0.25, 0.3) is 0 Å². The van der Waals surface area contributed by atoms with E-state index < -0.39 is 0 Å². The van der Waals surface area contributed by atoms with E-state index >= 15 is 0 Å². The molecule has 0 atom stereocenters. The van der Waals surface area contributed by atoms with Gasteiger partial charge in [-0.05, 0) is 26.2 Å². The molecule has 0 heterocycles. The van der Waals surface area contributed by atoms with Gasteiger partial charge in [0, 0.05) is 11.5 Å². The van der Waals surface area contributed by atoms with Gasteiger partial charge in [-0.15, -0.1) is 11.6 Å². The number of hydrogen-bond acceptors (Lipinski definition) is 2. The van der Waals surface area contributed by atoms with E-state index in [1.165, 1.54) is 0 Å². The molecule has 0 aromatic heterocycles. The number of alkyl halides is 1. The van der Waals surface area contributed by atoms with Gasteiger partial charge in [-0.25, -0.2) is 4.79 Å². The van der Waals surface area contributed by atoms with Crippen LogP contribution in [0.1, 0.15) is 26.2 Å². The second-order valence-corrected chi connectivity index (χ2v) is 3.04. The third kappa shape index (κ3) is 6.23. The fraction of sp³-hybridized carbons (Fsp3) is 0.667. The van der Waals surface area contributed by atoms with Crippen molar-refractivity contribution in [3.8, 4) is 0 Å². The number of carbonyl (C=O) groups excluding carboxylic acids is 1. The lowest BCUT2D eigenvalue weighted by molar-refractivity contribution is -0.139. The van der Waals surface area contributed by atoms with Gasteiger partial charge >= 0.3 is 5.97 Å². The van der Waals surface area contributed by atoms with Crippen LogP contribution in [0.4, 0.5) is 0 Å². The van der Waals surface area contributed by atoms with Gasteiger partial charge in [0.15, 0.2) is 0 Å². The highest BCUT2D eigenvalue weighted by Gasteiger charge is 2.01. The minimum absolute atomic E-state index is 0.305. The minimum Gasteiger partial charge on any atom is -0.462 e. The highest BCUT2D eigenvalue weighted by atomic mass is 35.5. The lowest BCUT2D eigenvalue weighted by atomic mass is 10.3. The summed E-state index contributed by atoms with van der Waals surface area (Å²) in [5.41, 5.74) is 0.451. The van der Waals surface area contributed by atoms with Crippen molar-refractivity contribution in [1.29, 1.82) is 0 Å². The molecule has 0 aliphatic carbocycles. The van der Waals surface area contributed by atoms with Crippen LogP contribution in [-0.2, 0) is 9.53 Å². The van der Waals surface area contributed by atoms with Crippen molar-refractivity contribution < 1.29 is 9.53 Å². The summed E-state index contributed by atoms with van der Waals surface area (Å²) in [5, 5.41) is 0. The Morgan fingerprint density at radius 2 is 2.08 bits per heavy atom. The molecule has 0 unspecified atom stereocenters. The van der Waals surface area contributed by atoms with E-state index in [0.29, 0.717) is 18.1 Å². The number of unbranched alkanes of at least 4 members (excludes halogenated alkanes) is 2. The molecule has 0 fully saturated rings. The summed E-state index contributed by atoms with van der Waals surface area (Å²) in [6.07, 6.45) is 2.87. The predicted octanol–water partition coefficient (Wildman–Crippen LogP) is 2.51. The summed E-state index contributed by atoms with van der Waals surface area (Å²) in [6.45, 7) is 5.59. The Balaban J connectivity index is 3.20. The lowest BCUT2D eigenvalue weighted by Gasteiger charge is -2.02. The average molecular weight is 191 g/mol. The fourth-order valence-electron chi connectivity index (χ4n) is 0.661. The smallest absolute Gasteiger partial charge is 0.333 e. The van der Waals surface area contributed by atoms with Crippen molar-refractivity contribution in [2.75, 3.05) is 12.5 Å². The Morgan fingerprint density at radius 3 is 2.58 bits per heavy atom. The van der Waals surface area contributed by atoms with Crippen LogP contribution < -0.4 is 0 Å². The fourth-order valence-corrected chi connectivity index (χ4v) is 0.850. The van der Waals surface area contributed by atoms with Crippen LogP contribution in [0.5, 0.6) is 0 Å². The summed E-state index contributed by atoms with van der Waals surface area (Å²) in [7, 11) is 0. The van der Waals surface area contributed by atoms with Crippen molar-refractivity contribution in [1.82, 2.24) is 0 Å². The number of rotatable bonds is 6. The van der Waals surface area contributed by atoms with Gasteiger partial charge in [-0.1, -0.05) is 6.58 Å². The van der Waals surface area contributed by atoms with Gasteiger partial charge in [0.2, 0.25) is 0 Å². The van der Waals surface area contributed by atoms with E-state index in [2.05, 4.69) is 6.58 Å². The van der Waals surface area contributed by atoms with Crippen LogP contribution in [-0.4, -0.2) is 18.5 Å². The van der Waals surface area contributed by atoms with Crippen LogP contribution in [0, 0.1) is 0 Å². The molecule has 0 aromatic rings. The van der Waals surface area contributed by atoms with Crippen molar-refractivity contribution in [3.63, 3.8) is 0 Å². The zero-order chi connectivity index (χ0) is 9.40. The number of carbonyl (C=O) groups is 1. The Hall–Kier alpha value is -0.500. The van der Waals surface area contributed by atoms with Crippen LogP contribution in [0.3, 0.4) is 0 Å². The maximum absolute atomic E-state index is 10.8. The summed E-state index contributed by atoms with van der Waals surface area (Å²) in [5.74, 6) is 0.370. The van der Waals surface area contributed by atoms with E-state index in [4.69, 9.17) is 16.3 Å². The first-order valence-electron chi connectivity index (χ1n) is 4.07. The van der Waals surface area contributed by atoms with Crippen molar-refractivity contribution >= 4 is 17.6 Å². The van der Waals surface area contributed by atoms with Gasteiger partial charge in [0.25, 0.3) is 0 Å². The molecule has 0 saturated carbocycles. The molecular formula is C9H15ClO2. The first-order chi connectivity index (χ1) is 5.68. The third-order valence-corrected chi connectivity index (χ3v) is 1.63. The average Bonchev–Trinajstić information content (AvgIpc) is 2.03. The zero-order valence-electron chi connectivity index (χ0n) is 7.44. The number of ether oxygens (including phenoxy) is 1. The van der Waals surface area contributed by atoms with Crippen LogP contribution in [0.15, 0.2) is 12.2 Å². The topological polar surface area (TPSA) is 26.3 Å². The number of hydrogen-bond donors (Lipinski definition) is 0. The van der Waals surface area contributed by atoms with Gasteiger partial charge in [-0.2, -0.15) is 0 Å². The summed E-state index contributed by atoms with van der Waals surface area (Å²) >= 11 is 5.47. The Bertz CT molecular complexity index is 155. The van der Waals surface area contributed by atoms with E-state index in [0.717, 1.165) is 19.3 Å². The molecule has 0 saturated heterocycles. The SMILES string of the molecule is C=C(C)C(=O)OCCCCCCl. The predicted molar refractivity (Wildman–Crippen MR) is 50.3 cm³/mol. The van der Waals surface area contributed by atoms with Gasteiger partial charge in [-0.3, -0.25) is 0 Å². The van der Waals surface area contributed by atoms with Gasteiger partial charge in [0.05, 0.1) is 6.61 Å². The van der Waals surface area contributed by atoms with Gasteiger partial charge < -0.3 is 4.74 Å². The van der Waals surface area contributed by atoms with Crippen molar-refractivity contribution in [2.45, 2.75) is 26.2 Å². The first kappa shape index (κ1) is 11.5. The molecule has 0 bridgehead atoms. The molecule has 3 heteroatoms. The van der Waals surface area contributed by atoms with Crippen molar-refractivity contribution in [3.05, 3.63) is 12.2 Å². The second-order valence-electron chi connectivity index (χ2n) is 2.67. The second kappa shape index (κ2) is 7.17. The number of esters is 1. The molecule has 0 radical (unpaired) electrons. The quantitative estimate of drug-likeness (QED) is 0.279. The Labute approximate surface area is 78.5 Å². The molecule has 0 aliphatic heterocycles. The lowest BCUT2D eigenvalue weighted by Crippen LogP contribution is -2.06. The largest absolute Gasteiger partial charge is 0.462 e. The monoisotopic (exact) mass is 190 g/mol. The highest BCUT2D eigenvalue weighted by Crippen LogP contribution is 1.99. The highest BCUT2D eigenvalue weighted by molar-refractivity contribution is 6.17. The van der Waals surface area contributed by atoms with E-state index in [1.807, 2.05) is 0 Å². The van der Waals surface area contributed by atoms with Crippen LogP contribution >= 0.6 is 11.6 Å². The van der Waals surface area contributed by atoms with E-state index in [-0.39, 0.29) is 5.97 Å². The van der Waals surface area contributed by atoms with Gasteiger partial charge in [0.1, 0.15) is 0 Å². The Kier molecular flexibility index (Phi) is 6.87. The molecule has 0 amide bonds. The normalized spacial score (nSPS) is 9.50. The standard InChI is InChI=1S/C9H15ClO2/c1-8(2)9(11)12-7-5-3-4-6-10/h1,3-7H2,2H3. The first-order valence-corrected chi connectivity index (χ1v) is 4.60. The molecule has 70 valence electrons. The molecule has 0 N–H and O–H groups in total. The summed E-state index contributed by atoms with van der Waals surface area (Å²) in [4.78, 5) is 10.8. The minimum atomic E-state index is -0.305. The molecule has 12 heavy (non-hydrogen) atoms. The van der Waals surface area contributed by atoms with Crippen molar-refractivity contribution in [2.24, 2.45) is 0 Å². The number of halogens is 1. The molecule has 0 spiro atoms. The Morgan fingerprint density at radius 1 is 1.42 bits per heavy atom. The summed E-state index contributed by atoms with van der Waals surface area (Å²) in [6, 6.07) is 0. The third-order valence-electron chi connectivity index (χ3n) is 1.36. The molecule has 0 aliphatic rings. The maximum Gasteiger partial charge on any atom is 0.333 e. The van der Waals surface area contributed by atoms with E-state index in [9.17, 15) is 4.79 Å². The maximum atomic E-state index is 10.8. The molecule has 0 rings (SSSR count). The van der Waals surface area contributed by atoms with Crippen LogP contribution in [0.2, 0.25) is 0 Å². The molecular weight excluding hydrogens is 176 g/mol.